The first-order chi connectivity index (χ1) is 7.94. The number of hydrogen-bond acceptors (Lipinski definition) is 3. The van der Waals surface area contributed by atoms with Gasteiger partial charge in [0.2, 0.25) is 0 Å². The summed E-state index contributed by atoms with van der Waals surface area (Å²) in [4.78, 5) is 13.3. The van der Waals surface area contributed by atoms with Gasteiger partial charge >= 0.3 is 11.6 Å². The molecule has 0 aliphatic carbocycles. The summed E-state index contributed by atoms with van der Waals surface area (Å²) in [5, 5.41) is 4.91. The Bertz CT molecular complexity index is 497. The average molecular weight is 291 g/mol. The molecule has 0 saturated heterocycles. The van der Waals surface area contributed by atoms with Crippen molar-refractivity contribution in [2.45, 2.75) is 11.6 Å². The molecule has 0 aliphatic heterocycles. The zero-order valence-corrected chi connectivity index (χ0v) is 8.98. The van der Waals surface area contributed by atoms with E-state index in [-0.39, 0.29) is 6.07 Å². The molecule has 18 heavy (non-hydrogen) atoms. The zero-order chi connectivity index (χ0) is 14.3. The molecule has 0 atom stereocenters. The van der Waals surface area contributed by atoms with Crippen molar-refractivity contribution < 1.29 is 31.9 Å². The highest BCUT2D eigenvalue weighted by atomic mass is 35.5. The smallest absolute Gasteiger partial charge is 0.434 e. The number of halogens is 6. The van der Waals surface area contributed by atoms with Crippen LogP contribution >= 0.6 is 11.6 Å². The summed E-state index contributed by atoms with van der Waals surface area (Å²) in [6.07, 6.45) is -5.25. The molecule has 0 fully saturated rings. The lowest BCUT2D eigenvalue weighted by Crippen LogP contribution is -2.23. The highest BCUT2D eigenvalue weighted by Crippen LogP contribution is 2.39. The van der Waals surface area contributed by atoms with E-state index in [9.17, 15) is 26.7 Å². The van der Waals surface area contributed by atoms with Crippen molar-refractivity contribution in [1.29, 1.82) is 0 Å². The molecular weight excluding hydrogens is 287 g/mol. The molecule has 0 unspecified atom stereocenters. The maximum Gasteiger partial charge on any atom is 0.434 e. The lowest BCUT2D eigenvalue weighted by molar-refractivity contribution is -0.142. The Balaban J connectivity index is 3.64. The predicted molar refractivity (Wildman–Crippen MR) is 49.2 cm³/mol. The summed E-state index contributed by atoms with van der Waals surface area (Å²) in [6.45, 7) is 0. The standard InChI is InChI=1S/C8H4ClF5N2O2/c9-7(10,11)3-1-2(17)4(6(15)18)5(16-3)8(12,13)14/h1H,(H2,15,18)(H,16,17). The lowest BCUT2D eigenvalue weighted by Gasteiger charge is -2.15. The largest absolute Gasteiger partial charge is 0.507 e. The summed E-state index contributed by atoms with van der Waals surface area (Å²) in [5.41, 5.74) is -0.350. The van der Waals surface area contributed by atoms with Gasteiger partial charge in [-0.25, -0.2) is 4.98 Å². The first kappa shape index (κ1) is 14.4. The van der Waals surface area contributed by atoms with Crippen LogP contribution in [0.2, 0.25) is 0 Å². The number of hydrogen-bond donors (Lipinski definition) is 2. The second kappa shape index (κ2) is 4.23. The second-order valence-electron chi connectivity index (χ2n) is 3.11. The highest BCUT2D eigenvalue weighted by molar-refractivity contribution is 6.21. The first-order valence-electron chi connectivity index (χ1n) is 4.12. The monoisotopic (exact) mass is 290 g/mol. The van der Waals surface area contributed by atoms with E-state index in [0.717, 1.165) is 0 Å². The third-order valence-corrected chi connectivity index (χ3v) is 2.00. The maximum atomic E-state index is 12.6. The van der Waals surface area contributed by atoms with Crippen molar-refractivity contribution in [2.24, 2.45) is 5.73 Å². The number of nitrogens with two attached hydrogens (primary N) is 1. The minimum absolute atomic E-state index is 0.141. The quantitative estimate of drug-likeness (QED) is 0.647. The number of carbonyl (C=O) groups excluding carboxylic acids is 1. The van der Waals surface area contributed by atoms with Crippen molar-refractivity contribution >= 4 is 17.5 Å². The highest BCUT2D eigenvalue weighted by Gasteiger charge is 2.42. The molecule has 0 radical (unpaired) electrons. The fourth-order valence-corrected chi connectivity index (χ4v) is 1.22. The van der Waals surface area contributed by atoms with E-state index in [4.69, 9.17) is 5.11 Å². The summed E-state index contributed by atoms with van der Waals surface area (Å²) in [5.74, 6) is -3.03. The average Bonchev–Trinajstić information content (AvgIpc) is 2.12. The summed E-state index contributed by atoms with van der Waals surface area (Å²) in [6, 6.07) is 0.141. The van der Waals surface area contributed by atoms with Crippen molar-refractivity contribution in [2.75, 3.05) is 0 Å². The molecule has 3 N–H and O–H groups in total. The van der Waals surface area contributed by atoms with E-state index < -0.39 is 40.2 Å². The number of primary amides is 1. The molecular formula is C8H4ClF5N2O2. The molecule has 1 heterocycles. The lowest BCUT2D eigenvalue weighted by atomic mass is 10.1. The van der Waals surface area contributed by atoms with E-state index in [2.05, 4.69) is 22.3 Å². The van der Waals surface area contributed by atoms with Crippen molar-refractivity contribution in [3.63, 3.8) is 0 Å². The molecule has 0 spiro atoms. The Morgan fingerprint density at radius 2 is 1.83 bits per heavy atom. The molecule has 1 rings (SSSR count). The van der Waals surface area contributed by atoms with Crippen LogP contribution in [-0.2, 0) is 11.6 Å². The van der Waals surface area contributed by atoms with Gasteiger partial charge in [0, 0.05) is 6.07 Å². The Kier molecular flexibility index (Phi) is 3.39. The minimum Gasteiger partial charge on any atom is -0.507 e. The van der Waals surface area contributed by atoms with Gasteiger partial charge in [-0.1, -0.05) is 0 Å². The Hall–Kier alpha value is -1.64. The van der Waals surface area contributed by atoms with Crippen molar-refractivity contribution in [3.8, 4) is 5.75 Å². The van der Waals surface area contributed by atoms with Gasteiger partial charge in [-0.3, -0.25) is 4.79 Å². The number of aromatic nitrogens is 1. The number of carbonyl (C=O) groups is 1. The van der Waals surface area contributed by atoms with Crippen molar-refractivity contribution in [1.82, 2.24) is 4.98 Å². The normalized spacial score (nSPS) is 12.6. The minimum atomic E-state index is -5.25. The molecule has 100 valence electrons. The van der Waals surface area contributed by atoms with E-state index >= 15 is 0 Å². The third kappa shape index (κ3) is 2.78. The molecule has 0 saturated carbocycles. The number of nitrogens with zero attached hydrogens (tertiary/aromatic N) is 1. The van der Waals surface area contributed by atoms with Crippen LogP contribution in [0.5, 0.6) is 5.75 Å². The summed E-state index contributed by atoms with van der Waals surface area (Å²) >= 11 is 4.49. The van der Waals surface area contributed by atoms with Crippen LogP contribution in [0.25, 0.3) is 0 Å². The van der Waals surface area contributed by atoms with Crippen LogP contribution in [0.4, 0.5) is 22.0 Å². The number of pyridine rings is 1. The molecule has 0 bridgehead atoms. The molecule has 10 heteroatoms. The van der Waals surface area contributed by atoms with Gasteiger partial charge in [-0.05, 0) is 11.6 Å². The fraction of sp³-hybridized carbons (Fsp3) is 0.250. The third-order valence-electron chi connectivity index (χ3n) is 1.80. The topological polar surface area (TPSA) is 76.2 Å². The van der Waals surface area contributed by atoms with Gasteiger partial charge in [-0.2, -0.15) is 22.0 Å². The van der Waals surface area contributed by atoms with E-state index in [0.29, 0.717) is 0 Å². The number of amides is 1. The summed E-state index contributed by atoms with van der Waals surface area (Å²) < 4.78 is 62.8. The van der Waals surface area contributed by atoms with Crippen LogP contribution in [-0.4, -0.2) is 16.0 Å². The second-order valence-corrected chi connectivity index (χ2v) is 3.58. The fourth-order valence-electron chi connectivity index (χ4n) is 1.12. The maximum absolute atomic E-state index is 12.6. The van der Waals surface area contributed by atoms with Crippen molar-refractivity contribution in [3.05, 3.63) is 23.0 Å². The van der Waals surface area contributed by atoms with E-state index in [1.807, 2.05) is 0 Å². The molecule has 0 aliphatic rings. The molecule has 1 aromatic heterocycles. The first-order valence-corrected chi connectivity index (χ1v) is 4.50. The van der Waals surface area contributed by atoms with E-state index in [1.54, 1.807) is 0 Å². The Labute approximate surface area is 101 Å². The van der Waals surface area contributed by atoms with Gasteiger partial charge in [0.25, 0.3) is 5.91 Å². The van der Waals surface area contributed by atoms with Gasteiger partial charge in [0.1, 0.15) is 17.0 Å². The van der Waals surface area contributed by atoms with Crippen LogP contribution < -0.4 is 5.73 Å². The zero-order valence-electron chi connectivity index (χ0n) is 8.23. The summed E-state index contributed by atoms with van der Waals surface area (Å²) in [7, 11) is 0. The van der Waals surface area contributed by atoms with Gasteiger partial charge in [0.05, 0.1) is 0 Å². The number of rotatable bonds is 2. The van der Waals surface area contributed by atoms with Crippen LogP contribution in [0.15, 0.2) is 6.07 Å². The SMILES string of the molecule is NC(=O)c1c(O)cc(C(F)(F)Cl)nc1C(F)(F)F. The molecule has 1 amide bonds. The predicted octanol–water partition coefficient (Wildman–Crippen LogP) is 2.19. The molecule has 1 aromatic rings. The Morgan fingerprint density at radius 1 is 1.33 bits per heavy atom. The van der Waals surface area contributed by atoms with Crippen LogP contribution in [0, 0.1) is 0 Å². The van der Waals surface area contributed by atoms with Crippen LogP contribution in [0.1, 0.15) is 21.7 Å². The van der Waals surface area contributed by atoms with Gasteiger partial charge in [-0.15, -0.1) is 0 Å². The van der Waals surface area contributed by atoms with Gasteiger partial charge in [0.15, 0.2) is 5.69 Å². The van der Waals surface area contributed by atoms with Crippen LogP contribution in [0.3, 0.4) is 0 Å². The molecule has 0 aromatic carbocycles. The number of aromatic hydroxyl groups is 1. The van der Waals surface area contributed by atoms with E-state index in [1.165, 1.54) is 0 Å². The number of alkyl halides is 6. The van der Waals surface area contributed by atoms with Gasteiger partial charge < -0.3 is 10.8 Å². The molecule has 4 nitrogen and oxygen atoms in total. The Morgan fingerprint density at radius 3 is 2.17 bits per heavy atom.